The Morgan fingerprint density at radius 2 is 1.72 bits per heavy atom. The van der Waals surface area contributed by atoms with Gasteiger partial charge in [0.05, 0.1) is 19.0 Å². The van der Waals surface area contributed by atoms with Gasteiger partial charge in [0.1, 0.15) is 17.8 Å². The van der Waals surface area contributed by atoms with Gasteiger partial charge in [-0.3, -0.25) is 9.69 Å². The van der Waals surface area contributed by atoms with Crippen molar-refractivity contribution in [2.24, 2.45) is 0 Å². The van der Waals surface area contributed by atoms with Gasteiger partial charge in [-0.15, -0.1) is 0 Å². The second-order valence-corrected chi connectivity index (χ2v) is 8.51. The monoisotopic (exact) mass is 426 g/mol. The first-order chi connectivity index (χ1) is 15.7. The van der Waals surface area contributed by atoms with Crippen LogP contribution in [0.25, 0.3) is 11.3 Å². The van der Waals surface area contributed by atoms with Gasteiger partial charge >= 0.3 is 0 Å². The fourth-order valence-electron chi connectivity index (χ4n) is 5.06. The molecule has 2 saturated heterocycles. The average molecular weight is 427 g/mol. The summed E-state index contributed by atoms with van der Waals surface area (Å²) in [6.07, 6.45) is 3.19. The number of furan rings is 1. The van der Waals surface area contributed by atoms with Crippen LogP contribution in [0.4, 0.5) is 5.69 Å². The van der Waals surface area contributed by atoms with E-state index in [-0.39, 0.29) is 12.5 Å². The number of carbonyl (C=O) groups excluding carboxylic acids is 1. The van der Waals surface area contributed by atoms with E-state index in [0.717, 1.165) is 49.5 Å². The molecule has 0 bridgehead atoms. The predicted molar refractivity (Wildman–Crippen MR) is 123 cm³/mol. The molecule has 3 heterocycles. The fraction of sp³-hybridized carbons (Fsp3) is 0.308. The highest BCUT2D eigenvalue weighted by Crippen LogP contribution is 2.40. The number of rotatable bonds is 5. The number of hydrogen-bond donors (Lipinski definition) is 0. The molecule has 1 spiro atoms. The predicted octanol–water partition coefficient (Wildman–Crippen LogP) is 4.11. The molecule has 2 aliphatic rings. The number of amides is 1. The van der Waals surface area contributed by atoms with Crippen molar-refractivity contribution < 1.29 is 9.21 Å². The van der Waals surface area contributed by atoms with E-state index in [2.05, 4.69) is 46.2 Å². The molecule has 0 aliphatic carbocycles. The molecule has 0 radical (unpaired) electrons. The maximum absolute atomic E-state index is 13.4. The molecule has 0 N–H and O–H groups in total. The second kappa shape index (κ2) is 8.52. The average Bonchev–Trinajstić information content (AvgIpc) is 3.45. The van der Waals surface area contributed by atoms with Crippen LogP contribution in [0.15, 0.2) is 77.4 Å². The number of anilines is 1. The standard InChI is InChI=1S/C26H26N4O2/c27-14-17-29-20-30(22-8-2-1-3-9-22)26(25(29)31)12-15-28(16-13-26)19-21-7-4-5-10-23(21)24-11-6-18-32-24/h1-11,18H,12-13,15-17,19-20H2. The lowest BCUT2D eigenvalue weighted by Crippen LogP contribution is -2.56. The number of para-hydroxylation sites is 1. The SMILES string of the molecule is N#CCN1CN(c2ccccc2)C2(CCN(Cc3ccccc3-c3ccco3)CC2)C1=O. The molecular weight excluding hydrogens is 400 g/mol. The van der Waals surface area contributed by atoms with Crippen molar-refractivity contribution >= 4 is 11.6 Å². The molecule has 32 heavy (non-hydrogen) atoms. The first kappa shape index (κ1) is 20.3. The van der Waals surface area contributed by atoms with Gasteiger partial charge in [-0.2, -0.15) is 5.26 Å². The summed E-state index contributed by atoms with van der Waals surface area (Å²) in [4.78, 5) is 19.7. The number of likely N-dealkylation sites (tertiary alicyclic amines) is 1. The zero-order valence-corrected chi connectivity index (χ0v) is 18.0. The van der Waals surface area contributed by atoms with Gasteiger partial charge in [-0.1, -0.05) is 42.5 Å². The van der Waals surface area contributed by atoms with E-state index < -0.39 is 5.54 Å². The van der Waals surface area contributed by atoms with E-state index in [1.165, 1.54) is 5.56 Å². The number of nitriles is 1. The van der Waals surface area contributed by atoms with Gasteiger partial charge < -0.3 is 14.2 Å². The Labute approximate surface area is 188 Å². The summed E-state index contributed by atoms with van der Waals surface area (Å²) in [5, 5.41) is 9.22. The number of hydrogen-bond acceptors (Lipinski definition) is 5. The third kappa shape index (κ3) is 3.55. The Morgan fingerprint density at radius 1 is 0.969 bits per heavy atom. The van der Waals surface area contributed by atoms with E-state index in [4.69, 9.17) is 4.42 Å². The van der Waals surface area contributed by atoms with Crippen LogP contribution in [0.2, 0.25) is 0 Å². The third-order valence-electron chi connectivity index (χ3n) is 6.72. The van der Waals surface area contributed by atoms with E-state index in [9.17, 15) is 10.1 Å². The van der Waals surface area contributed by atoms with E-state index in [1.807, 2.05) is 36.4 Å². The molecule has 2 aromatic carbocycles. The van der Waals surface area contributed by atoms with Crippen LogP contribution < -0.4 is 4.90 Å². The molecule has 2 fully saturated rings. The van der Waals surface area contributed by atoms with E-state index in [1.54, 1.807) is 11.2 Å². The van der Waals surface area contributed by atoms with Crippen molar-refractivity contribution in [3.63, 3.8) is 0 Å². The lowest BCUT2D eigenvalue weighted by Gasteiger charge is -2.43. The van der Waals surface area contributed by atoms with Crippen LogP contribution in [0.3, 0.4) is 0 Å². The van der Waals surface area contributed by atoms with Crippen molar-refractivity contribution in [2.75, 3.05) is 31.2 Å². The fourth-order valence-corrected chi connectivity index (χ4v) is 5.06. The van der Waals surface area contributed by atoms with Crippen molar-refractivity contribution in [3.05, 3.63) is 78.6 Å². The first-order valence-corrected chi connectivity index (χ1v) is 11.0. The van der Waals surface area contributed by atoms with Crippen LogP contribution >= 0.6 is 0 Å². The van der Waals surface area contributed by atoms with Gasteiger partial charge in [-0.25, -0.2) is 0 Å². The minimum Gasteiger partial charge on any atom is -0.464 e. The van der Waals surface area contributed by atoms with Crippen LogP contribution in [-0.2, 0) is 11.3 Å². The molecule has 0 unspecified atom stereocenters. The Hall–Kier alpha value is -3.56. The molecule has 1 aromatic heterocycles. The largest absolute Gasteiger partial charge is 0.464 e. The molecule has 0 atom stereocenters. The summed E-state index contributed by atoms with van der Waals surface area (Å²) < 4.78 is 5.64. The molecule has 0 saturated carbocycles. The number of carbonyl (C=O) groups is 1. The minimum absolute atomic E-state index is 0.0820. The van der Waals surface area contributed by atoms with Crippen LogP contribution in [0.5, 0.6) is 0 Å². The lowest BCUT2D eigenvalue weighted by atomic mass is 9.85. The van der Waals surface area contributed by atoms with Gasteiger partial charge in [0.15, 0.2) is 0 Å². The van der Waals surface area contributed by atoms with Crippen molar-refractivity contribution in [3.8, 4) is 17.4 Å². The minimum atomic E-state index is -0.574. The number of nitrogens with zero attached hydrogens (tertiary/aromatic N) is 4. The smallest absolute Gasteiger partial charge is 0.250 e. The van der Waals surface area contributed by atoms with Gasteiger partial charge in [-0.05, 0) is 42.7 Å². The van der Waals surface area contributed by atoms with Gasteiger partial charge in [0.25, 0.3) is 5.91 Å². The zero-order valence-electron chi connectivity index (χ0n) is 18.0. The highest BCUT2D eigenvalue weighted by Gasteiger charge is 2.53. The summed E-state index contributed by atoms with van der Waals surface area (Å²) in [5.74, 6) is 0.959. The summed E-state index contributed by atoms with van der Waals surface area (Å²) >= 11 is 0. The summed E-state index contributed by atoms with van der Waals surface area (Å²) in [6.45, 7) is 3.06. The first-order valence-electron chi connectivity index (χ1n) is 11.0. The quantitative estimate of drug-likeness (QED) is 0.575. The normalized spacial score (nSPS) is 18.3. The van der Waals surface area contributed by atoms with Crippen molar-refractivity contribution in [1.82, 2.24) is 9.80 Å². The Kier molecular flexibility index (Phi) is 5.42. The van der Waals surface area contributed by atoms with E-state index in [0.29, 0.717) is 6.67 Å². The van der Waals surface area contributed by atoms with Crippen LogP contribution in [0.1, 0.15) is 18.4 Å². The van der Waals surface area contributed by atoms with E-state index >= 15 is 0 Å². The third-order valence-corrected chi connectivity index (χ3v) is 6.72. The summed E-state index contributed by atoms with van der Waals surface area (Å²) in [5.41, 5.74) is 2.80. The highest BCUT2D eigenvalue weighted by atomic mass is 16.3. The molecule has 2 aliphatic heterocycles. The molecular formula is C26H26N4O2. The van der Waals surface area contributed by atoms with Crippen LogP contribution in [-0.4, -0.2) is 47.5 Å². The molecule has 162 valence electrons. The van der Waals surface area contributed by atoms with Crippen LogP contribution in [0, 0.1) is 11.3 Å². The maximum atomic E-state index is 13.4. The Balaban J connectivity index is 1.36. The number of benzene rings is 2. The topological polar surface area (TPSA) is 63.7 Å². The number of piperidine rings is 1. The van der Waals surface area contributed by atoms with Crippen molar-refractivity contribution in [1.29, 1.82) is 5.26 Å². The Morgan fingerprint density at radius 3 is 2.44 bits per heavy atom. The van der Waals surface area contributed by atoms with Gasteiger partial charge in [0, 0.05) is 30.9 Å². The van der Waals surface area contributed by atoms with Crippen molar-refractivity contribution in [2.45, 2.75) is 24.9 Å². The second-order valence-electron chi connectivity index (χ2n) is 8.51. The molecule has 5 rings (SSSR count). The zero-order chi connectivity index (χ0) is 22.0. The Bertz CT molecular complexity index is 1110. The molecule has 6 nitrogen and oxygen atoms in total. The molecule has 1 amide bonds. The lowest BCUT2D eigenvalue weighted by molar-refractivity contribution is -0.133. The maximum Gasteiger partial charge on any atom is 0.250 e. The summed E-state index contributed by atoms with van der Waals surface area (Å²) in [6, 6.07) is 24.5. The highest BCUT2D eigenvalue weighted by molar-refractivity contribution is 5.93. The van der Waals surface area contributed by atoms with Gasteiger partial charge in [0.2, 0.25) is 0 Å². The molecule has 6 heteroatoms. The molecule has 3 aromatic rings. The summed E-state index contributed by atoms with van der Waals surface area (Å²) in [7, 11) is 0.